The Balaban J connectivity index is 2.77. The number of methoxy groups -OCH3 is 1. The van der Waals surface area contributed by atoms with Crippen LogP contribution in [0.4, 0.5) is 0 Å². The minimum absolute atomic E-state index is 0.169. The van der Waals surface area contributed by atoms with Crippen molar-refractivity contribution in [3.8, 4) is 0 Å². The molecule has 0 N–H and O–H groups in total. The van der Waals surface area contributed by atoms with E-state index in [2.05, 4.69) is 0 Å². The molecular weight excluding hydrogens is 204 g/mol. The van der Waals surface area contributed by atoms with E-state index in [9.17, 15) is 9.59 Å². The van der Waals surface area contributed by atoms with Crippen LogP contribution >= 0.6 is 0 Å². The van der Waals surface area contributed by atoms with Crippen molar-refractivity contribution in [2.24, 2.45) is 17.8 Å². The molecule has 0 radical (unpaired) electrons. The molecule has 1 saturated carbocycles. The number of carbonyl (C=O) groups is 2. The molecular formula is C13H22O3. The van der Waals surface area contributed by atoms with Crippen LogP contribution in [0.2, 0.25) is 0 Å². The Morgan fingerprint density at radius 3 is 2.31 bits per heavy atom. The third-order valence-electron chi connectivity index (χ3n) is 3.78. The van der Waals surface area contributed by atoms with Crippen LogP contribution in [0.5, 0.6) is 0 Å². The highest BCUT2D eigenvalue weighted by Crippen LogP contribution is 2.36. The Bertz CT molecular complexity index is 254. The molecule has 2 atom stereocenters. The normalized spacial score (nSPS) is 20.4. The van der Waals surface area contributed by atoms with Crippen LogP contribution in [-0.4, -0.2) is 18.9 Å². The first-order chi connectivity index (χ1) is 7.61. The Kier molecular flexibility index (Phi) is 4.97. The molecule has 0 aliphatic heterocycles. The predicted molar refractivity (Wildman–Crippen MR) is 61.9 cm³/mol. The summed E-state index contributed by atoms with van der Waals surface area (Å²) in [7, 11) is 1.41. The maximum Gasteiger partial charge on any atom is 0.309 e. The molecule has 0 saturated heterocycles. The zero-order chi connectivity index (χ0) is 12.1. The van der Waals surface area contributed by atoms with Crippen molar-refractivity contribution in [1.82, 2.24) is 0 Å². The molecule has 3 heteroatoms. The second-order valence-electron chi connectivity index (χ2n) is 4.70. The third-order valence-corrected chi connectivity index (χ3v) is 3.78. The standard InChI is InChI=1S/C13H22O3/c1-4-11(14)9(2)12(13(15)16-3)10-7-5-6-8-10/h9-10,12H,4-8H2,1-3H3. The van der Waals surface area contributed by atoms with E-state index < -0.39 is 0 Å². The molecule has 1 aliphatic carbocycles. The van der Waals surface area contributed by atoms with Crippen LogP contribution in [0.25, 0.3) is 0 Å². The van der Waals surface area contributed by atoms with Gasteiger partial charge in [0.1, 0.15) is 5.78 Å². The van der Waals surface area contributed by atoms with Crippen molar-refractivity contribution in [3.63, 3.8) is 0 Å². The average Bonchev–Trinajstić information content (AvgIpc) is 2.81. The molecule has 1 fully saturated rings. The summed E-state index contributed by atoms with van der Waals surface area (Å²) in [6.07, 6.45) is 4.96. The molecule has 2 unspecified atom stereocenters. The number of hydrogen-bond donors (Lipinski definition) is 0. The minimum Gasteiger partial charge on any atom is -0.469 e. The molecule has 92 valence electrons. The molecule has 1 aliphatic rings. The summed E-state index contributed by atoms with van der Waals surface area (Å²) in [5, 5.41) is 0. The van der Waals surface area contributed by atoms with Gasteiger partial charge >= 0.3 is 5.97 Å². The van der Waals surface area contributed by atoms with Gasteiger partial charge in [-0.3, -0.25) is 9.59 Å². The highest BCUT2D eigenvalue weighted by atomic mass is 16.5. The van der Waals surface area contributed by atoms with Gasteiger partial charge in [-0.25, -0.2) is 0 Å². The number of Topliss-reactive ketones (excluding diaryl/α,β-unsaturated/α-hetero) is 1. The molecule has 0 aromatic rings. The zero-order valence-corrected chi connectivity index (χ0v) is 10.5. The summed E-state index contributed by atoms with van der Waals surface area (Å²) in [6, 6.07) is 0. The van der Waals surface area contributed by atoms with Crippen LogP contribution < -0.4 is 0 Å². The van der Waals surface area contributed by atoms with Crippen LogP contribution in [0.3, 0.4) is 0 Å². The monoisotopic (exact) mass is 226 g/mol. The minimum atomic E-state index is -0.222. The van der Waals surface area contributed by atoms with E-state index in [0.717, 1.165) is 12.8 Å². The third kappa shape index (κ3) is 2.83. The lowest BCUT2D eigenvalue weighted by atomic mass is 9.79. The number of rotatable bonds is 5. The quantitative estimate of drug-likeness (QED) is 0.677. The Hall–Kier alpha value is -0.860. The maximum atomic E-state index is 11.8. The van der Waals surface area contributed by atoms with Gasteiger partial charge in [-0.15, -0.1) is 0 Å². The second-order valence-corrected chi connectivity index (χ2v) is 4.70. The van der Waals surface area contributed by atoms with Gasteiger partial charge in [0.15, 0.2) is 0 Å². The van der Waals surface area contributed by atoms with Gasteiger partial charge in [0, 0.05) is 12.3 Å². The van der Waals surface area contributed by atoms with Crippen LogP contribution in [0, 0.1) is 17.8 Å². The summed E-state index contributed by atoms with van der Waals surface area (Å²) >= 11 is 0. The van der Waals surface area contributed by atoms with E-state index in [0.29, 0.717) is 12.3 Å². The van der Waals surface area contributed by atoms with Crippen LogP contribution in [0.15, 0.2) is 0 Å². The lowest BCUT2D eigenvalue weighted by Gasteiger charge is -2.25. The van der Waals surface area contributed by atoms with E-state index >= 15 is 0 Å². The van der Waals surface area contributed by atoms with Crippen molar-refractivity contribution in [3.05, 3.63) is 0 Å². The number of ether oxygens (including phenoxy) is 1. The lowest BCUT2D eigenvalue weighted by molar-refractivity contribution is -0.152. The summed E-state index contributed by atoms with van der Waals surface area (Å²) in [4.78, 5) is 23.5. The first kappa shape index (κ1) is 13.2. The van der Waals surface area contributed by atoms with E-state index in [1.807, 2.05) is 13.8 Å². The van der Waals surface area contributed by atoms with Crippen LogP contribution in [-0.2, 0) is 14.3 Å². The summed E-state index contributed by atoms with van der Waals surface area (Å²) in [5.74, 6) is -0.109. The van der Waals surface area contributed by atoms with Gasteiger partial charge in [0.05, 0.1) is 13.0 Å². The summed E-state index contributed by atoms with van der Waals surface area (Å²) < 4.78 is 4.85. The van der Waals surface area contributed by atoms with Crippen molar-refractivity contribution in [2.45, 2.75) is 46.0 Å². The van der Waals surface area contributed by atoms with Gasteiger partial charge in [0.2, 0.25) is 0 Å². The first-order valence-electron chi connectivity index (χ1n) is 6.22. The maximum absolute atomic E-state index is 11.8. The fourth-order valence-electron chi connectivity index (χ4n) is 2.78. The molecule has 0 spiro atoms. The van der Waals surface area contributed by atoms with Gasteiger partial charge in [-0.05, 0) is 18.8 Å². The largest absolute Gasteiger partial charge is 0.469 e. The van der Waals surface area contributed by atoms with Crippen molar-refractivity contribution in [1.29, 1.82) is 0 Å². The summed E-state index contributed by atoms with van der Waals surface area (Å²) in [6.45, 7) is 3.72. The van der Waals surface area contributed by atoms with E-state index in [1.54, 1.807) is 0 Å². The molecule has 0 aromatic heterocycles. The average molecular weight is 226 g/mol. The Labute approximate surface area is 97.5 Å². The van der Waals surface area contributed by atoms with Crippen molar-refractivity contribution >= 4 is 11.8 Å². The highest BCUT2D eigenvalue weighted by molar-refractivity contribution is 5.86. The lowest BCUT2D eigenvalue weighted by Crippen LogP contribution is -2.33. The van der Waals surface area contributed by atoms with E-state index in [4.69, 9.17) is 4.74 Å². The van der Waals surface area contributed by atoms with Crippen molar-refractivity contribution < 1.29 is 14.3 Å². The fraction of sp³-hybridized carbons (Fsp3) is 0.846. The smallest absolute Gasteiger partial charge is 0.309 e. The zero-order valence-electron chi connectivity index (χ0n) is 10.5. The van der Waals surface area contributed by atoms with E-state index in [-0.39, 0.29) is 23.6 Å². The van der Waals surface area contributed by atoms with E-state index in [1.165, 1.54) is 20.0 Å². The molecule has 1 rings (SSSR count). The second kappa shape index (κ2) is 6.02. The molecule has 0 aromatic carbocycles. The highest BCUT2D eigenvalue weighted by Gasteiger charge is 2.37. The summed E-state index contributed by atoms with van der Waals surface area (Å²) in [5.41, 5.74) is 0. The molecule has 0 heterocycles. The van der Waals surface area contributed by atoms with Gasteiger partial charge in [-0.1, -0.05) is 26.7 Å². The SMILES string of the molecule is CCC(=O)C(C)C(C(=O)OC)C1CCCC1. The van der Waals surface area contributed by atoms with Crippen LogP contribution in [0.1, 0.15) is 46.0 Å². The Morgan fingerprint density at radius 2 is 1.88 bits per heavy atom. The number of esters is 1. The Morgan fingerprint density at radius 1 is 1.31 bits per heavy atom. The molecule has 0 amide bonds. The topological polar surface area (TPSA) is 43.4 Å². The van der Waals surface area contributed by atoms with Gasteiger partial charge in [0.25, 0.3) is 0 Å². The number of carbonyl (C=O) groups excluding carboxylic acids is 2. The van der Waals surface area contributed by atoms with Gasteiger partial charge in [-0.2, -0.15) is 0 Å². The predicted octanol–water partition coefficient (Wildman–Crippen LogP) is 2.58. The van der Waals surface area contributed by atoms with Crippen molar-refractivity contribution in [2.75, 3.05) is 7.11 Å². The van der Waals surface area contributed by atoms with Gasteiger partial charge < -0.3 is 4.74 Å². The first-order valence-corrected chi connectivity index (χ1v) is 6.22. The number of hydrogen-bond acceptors (Lipinski definition) is 3. The molecule has 0 bridgehead atoms. The molecule has 3 nitrogen and oxygen atoms in total. The molecule has 16 heavy (non-hydrogen) atoms. The number of ketones is 1. The fourth-order valence-corrected chi connectivity index (χ4v) is 2.78.